The number of hydrogen-bond acceptors (Lipinski definition) is 5. The lowest BCUT2D eigenvalue weighted by molar-refractivity contribution is -0.274. The Balaban J connectivity index is 1.93. The minimum Gasteiger partial charge on any atom is -0.406 e. The second kappa shape index (κ2) is 7.84. The van der Waals surface area contributed by atoms with Crippen molar-refractivity contribution in [2.45, 2.75) is 24.2 Å². The van der Waals surface area contributed by atoms with Crippen LogP contribution >= 0.6 is 0 Å². The van der Waals surface area contributed by atoms with Crippen molar-refractivity contribution in [1.29, 1.82) is 0 Å². The molecule has 1 heterocycles. The van der Waals surface area contributed by atoms with E-state index in [1.165, 1.54) is 0 Å². The van der Waals surface area contributed by atoms with Crippen LogP contribution in [0, 0.1) is 6.92 Å². The number of ether oxygens (including phenoxy) is 1. The van der Waals surface area contributed by atoms with Crippen LogP contribution in [-0.2, 0) is 17.1 Å². The molecular weight excluding hydrogens is 409 g/mol. The molecule has 0 saturated carbocycles. The van der Waals surface area contributed by atoms with E-state index < -0.39 is 28.2 Å². The molecular formula is C18H17F3N4O3S. The summed E-state index contributed by atoms with van der Waals surface area (Å²) >= 11 is 0. The quantitative estimate of drug-likeness (QED) is 0.655. The zero-order chi connectivity index (χ0) is 21.2. The summed E-state index contributed by atoms with van der Waals surface area (Å²) in [4.78, 5) is -0.216. The minimum atomic E-state index is -4.86. The molecule has 0 unspecified atom stereocenters. The summed E-state index contributed by atoms with van der Waals surface area (Å²) < 4.78 is 70.6. The number of benzene rings is 2. The van der Waals surface area contributed by atoms with E-state index in [1.807, 2.05) is 0 Å². The van der Waals surface area contributed by atoms with Crippen LogP contribution < -0.4 is 9.46 Å². The number of alkyl halides is 3. The number of aryl methyl sites for hydroxylation is 1. The molecule has 0 fully saturated rings. The molecule has 3 aromatic rings. The average Bonchev–Trinajstić information content (AvgIpc) is 2.98. The van der Waals surface area contributed by atoms with Crippen LogP contribution in [-0.4, -0.2) is 29.5 Å². The van der Waals surface area contributed by atoms with E-state index in [4.69, 9.17) is 0 Å². The highest BCUT2D eigenvalue weighted by Crippen LogP contribution is 2.26. The third-order valence-corrected chi connectivity index (χ3v) is 5.60. The van der Waals surface area contributed by atoms with Crippen molar-refractivity contribution >= 4 is 10.0 Å². The normalized spacial score (nSPS) is 13.3. The molecule has 7 nitrogen and oxygen atoms in total. The Kier molecular flexibility index (Phi) is 5.62. The van der Waals surface area contributed by atoms with E-state index >= 15 is 0 Å². The van der Waals surface area contributed by atoms with Crippen LogP contribution in [0.15, 0.2) is 59.5 Å². The lowest BCUT2D eigenvalue weighted by Gasteiger charge is -2.19. The molecule has 0 aliphatic rings. The average molecular weight is 426 g/mol. The maximum absolute atomic E-state index is 12.9. The van der Waals surface area contributed by atoms with Gasteiger partial charge in [-0.05, 0) is 36.8 Å². The highest BCUT2D eigenvalue weighted by molar-refractivity contribution is 7.89. The number of hydrogen-bond donors (Lipinski definition) is 1. The van der Waals surface area contributed by atoms with Crippen molar-refractivity contribution in [3.05, 3.63) is 71.8 Å². The second-order valence-corrected chi connectivity index (χ2v) is 7.86. The minimum absolute atomic E-state index is 0.216. The predicted molar refractivity (Wildman–Crippen MR) is 97.5 cm³/mol. The monoisotopic (exact) mass is 426 g/mol. The van der Waals surface area contributed by atoms with Crippen molar-refractivity contribution in [3.63, 3.8) is 0 Å². The molecule has 0 bridgehead atoms. The number of nitrogens with one attached hydrogen (secondary N) is 1. The standard InChI is InChI=1S/C18H17F3N4O3S/c1-12-22-23-17(25(12)2)16(13-6-4-3-5-7-13)24-29(26,27)15-10-8-14(9-11-15)28-18(19,20)21/h3-11,16,24H,1-2H3/t16-/m1/s1. The van der Waals surface area contributed by atoms with Gasteiger partial charge in [-0.25, -0.2) is 8.42 Å². The lowest BCUT2D eigenvalue weighted by atomic mass is 10.1. The Morgan fingerprint density at radius 1 is 1.03 bits per heavy atom. The van der Waals surface area contributed by atoms with Gasteiger partial charge in [0.2, 0.25) is 10.0 Å². The lowest BCUT2D eigenvalue weighted by Crippen LogP contribution is -2.31. The molecule has 0 spiro atoms. The Morgan fingerprint density at radius 3 is 2.17 bits per heavy atom. The largest absolute Gasteiger partial charge is 0.573 e. The molecule has 1 atom stereocenters. The fraction of sp³-hybridized carbons (Fsp3) is 0.222. The van der Waals surface area contributed by atoms with Gasteiger partial charge in [0.25, 0.3) is 0 Å². The van der Waals surface area contributed by atoms with Gasteiger partial charge >= 0.3 is 6.36 Å². The van der Waals surface area contributed by atoms with Gasteiger partial charge in [0.05, 0.1) is 4.90 Å². The van der Waals surface area contributed by atoms with Gasteiger partial charge in [-0.15, -0.1) is 23.4 Å². The van der Waals surface area contributed by atoms with Crippen molar-refractivity contribution in [2.75, 3.05) is 0 Å². The number of sulfonamides is 1. The molecule has 0 aliphatic carbocycles. The zero-order valence-electron chi connectivity index (χ0n) is 15.4. The third-order valence-electron chi connectivity index (χ3n) is 4.16. The Hall–Kier alpha value is -2.92. The molecule has 0 aliphatic heterocycles. The van der Waals surface area contributed by atoms with Crippen LogP contribution in [0.25, 0.3) is 0 Å². The third kappa shape index (κ3) is 4.93. The fourth-order valence-electron chi connectivity index (χ4n) is 2.63. The van der Waals surface area contributed by atoms with Crippen LogP contribution in [0.5, 0.6) is 5.75 Å². The van der Waals surface area contributed by atoms with Gasteiger partial charge in [-0.3, -0.25) is 0 Å². The first kappa shape index (κ1) is 20.8. The van der Waals surface area contributed by atoms with Gasteiger partial charge in [-0.1, -0.05) is 30.3 Å². The molecule has 1 N–H and O–H groups in total. The zero-order valence-corrected chi connectivity index (χ0v) is 16.2. The fourth-order valence-corrected chi connectivity index (χ4v) is 3.82. The van der Waals surface area contributed by atoms with E-state index in [0.29, 0.717) is 17.2 Å². The summed E-state index contributed by atoms with van der Waals surface area (Å²) in [5, 5.41) is 8.03. The van der Waals surface area contributed by atoms with Crippen LogP contribution in [0.2, 0.25) is 0 Å². The first-order chi connectivity index (χ1) is 13.6. The van der Waals surface area contributed by atoms with E-state index in [9.17, 15) is 21.6 Å². The van der Waals surface area contributed by atoms with E-state index in [1.54, 1.807) is 48.9 Å². The van der Waals surface area contributed by atoms with Crippen molar-refractivity contribution in [1.82, 2.24) is 19.5 Å². The summed E-state index contributed by atoms with van der Waals surface area (Å²) in [5.41, 5.74) is 0.628. The summed E-state index contributed by atoms with van der Waals surface area (Å²) in [6, 6.07) is 11.9. The maximum Gasteiger partial charge on any atom is 0.573 e. The number of halogens is 3. The topological polar surface area (TPSA) is 86.1 Å². The molecule has 0 radical (unpaired) electrons. The van der Waals surface area contributed by atoms with Crippen LogP contribution in [0.3, 0.4) is 0 Å². The molecule has 11 heteroatoms. The van der Waals surface area contributed by atoms with Gasteiger partial charge in [-0.2, -0.15) is 4.72 Å². The number of aromatic nitrogens is 3. The molecule has 0 amide bonds. The molecule has 29 heavy (non-hydrogen) atoms. The second-order valence-electron chi connectivity index (χ2n) is 6.15. The Bertz CT molecular complexity index is 1080. The van der Waals surface area contributed by atoms with Crippen LogP contribution in [0.1, 0.15) is 23.3 Å². The SMILES string of the molecule is Cc1nnc([C@H](NS(=O)(=O)c2ccc(OC(F)(F)F)cc2)c2ccccc2)n1C. The molecule has 154 valence electrons. The first-order valence-electron chi connectivity index (χ1n) is 8.36. The van der Waals surface area contributed by atoms with Gasteiger partial charge in [0.15, 0.2) is 5.82 Å². The van der Waals surface area contributed by atoms with Gasteiger partial charge in [0, 0.05) is 7.05 Å². The van der Waals surface area contributed by atoms with E-state index in [0.717, 1.165) is 24.3 Å². The van der Waals surface area contributed by atoms with E-state index in [2.05, 4.69) is 19.7 Å². The molecule has 0 saturated heterocycles. The van der Waals surface area contributed by atoms with Crippen molar-refractivity contribution < 1.29 is 26.3 Å². The maximum atomic E-state index is 12.9. The number of rotatable bonds is 6. The smallest absolute Gasteiger partial charge is 0.406 e. The highest BCUT2D eigenvalue weighted by Gasteiger charge is 2.31. The molecule has 1 aromatic heterocycles. The molecule has 2 aromatic carbocycles. The Morgan fingerprint density at radius 2 is 1.66 bits per heavy atom. The first-order valence-corrected chi connectivity index (χ1v) is 9.84. The van der Waals surface area contributed by atoms with Crippen molar-refractivity contribution in [3.8, 4) is 5.75 Å². The molecule has 3 rings (SSSR count). The summed E-state index contributed by atoms with van der Waals surface area (Å²) in [6.45, 7) is 1.73. The predicted octanol–water partition coefficient (Wildman–Crippen LogP) is 3.09. The van der Waals surface area contributed by atoms with Crippen molar-refractivity contribution in [2.24, 2.45) is 7.05 Å². The highest BCUT2D eigenvalue weighted by atomic mass is 32.2. The van der Waals surface area contributed by atoms with E-state index in [-0.39, 0.29) is 4.90 Å². The Labute approximate surface area is 165 Å². The summed E-state index contributed by atoms with van der Waals surface area (Å²) in [7, 11) is -2.39. The summed E-state index contributed by atoms with van der Waals surface area (Å²) in [5.74, 6) is 0.447. The van der Waals surface area contributed by atoms with Gasteiger partial charge < -0.3 is 9.30 Å². The van der Waals surface area contributed by atoms with Crippen LogP contribution in [0.4, 0.5) is 13.2 Å². The summed E-state index contributed by atoms with van der Waals surface area (Å²) in [6.07, 6.45) is -4.86. The van der Waals surface area contributed by atoms with Gasteiger partial charge in [0.1, 0.15) is 17.6 Å². The number of nitrogens with zero attached hydrogens (tertiary/aromatic N) is 3.